The molecular formula is C19H21N7O2. The SMILES string of the molecule is CCc1nc(NCCO)nc(Nc2cc(C(=O)Nc3ccccc3)ccn2)n1. The number of aliphatic hydroxyl groups is 1. The minimum Gasteiger partial charge on any atom is -0.395 e. The van der Waals surface area contributed by atoms with Crippen molar-refractivity contribution in [1.29, 1.82) is 0 Å². The number of aryl methyl sites for hydroxylation is 1. The highest BCUT2D eigenvalue weighted by molar-refractivity contribution is 6.04. The van der Waals surface area contributed by atoms with Gasteiger partial charge in [-0.1, -0.05) is 25.1 Å². The van der Waals surface area contributed by atoms with Crippen LogP contribution in [0.15, 0.2) is 48.7 Å². The van der Waals surface area contributed by atoms with Gasteiger partial charge in [0.1, 0.15) is 11.6 Å². The number of benzene rings is 1. The van der Waals surface area contributed by atoms with Crippen molar-refractivity contribution in [1.82, 2.24) is 19.9 Å². The minimum atomic E-state index is -0.244. The van der Waals surface area contributed by atoms with Gasteiger partial charge in [0.05, 0.1) is 6.61 Å². The molecule has 0 unspecified atom stereocenters. The Morgan fingerprint density at radius 1 is 1.07 bits per heavy atom. The van der Waals surface area contributed by atoms with Gasteiger partial charge in [-0.3, -0.25) is 4.79 Å². The number of nitrogens with zero attached hydrogens (tertiary/aromatic N) is 4. The first kappa shape index (κ1) is 19.2. The molecule has 0 aliphatic carbocycles. The molecule has 0 bridgehead atoms. The van der Waals surface area contributed by atoms with Gasteiger partial charge in [-0.25, -0.2) is 4.98 Å². The van der Waals surface area contributed by atoms with Crippen LogP contribution in [0.3, 0.4) is 0 Å². The summed E-state index contributed by atoms with van der Waals surface area (Å²) in [6.45, 7) is 2.23. The number of anilines is 4. The van der Waals surface area contributed by atoms with Crippen LogP contribution in [-0.2, 0) is 6.42 Å². The fraction of sp³-hybridized carbons (Fsp3) is 0.211. The largest absolute Gasteiger partial charge is 0.395 e. The lowest BCUT2D eigenvalue weighted by atomic mass is 10.2. The van der Waals surface area contributed by atoms with Crippen LogP contribution < -0.4 is 16.0 Å². The molecule has 0 saturated carbocycles. The highest BCUT2D eigenvalue weighted by Crippen LogP contribution is 2.15. The zero-order valence-electron chi connectivity index (χ0n) is 15.4. The Hall–Kier alpha value is -3.59. The van der Waals surface area contributed by atoms with E-state index in [1.54, 1.807) is 12.1 Å². The second-order valence-electron chi connectivity index (χ2n) is 5.78. The molecule has 0 fully saturated rings. The van der Waals surface area contributed by atoms with Crippen LogP contribution in [0.4, 0.5) is 23.4 Å². The number of carbonyl (C=O) groups excluding carboxylic acids is 1. The van der Waals surface area contributed by atoms with Gasteiger partial charge in [0.15, 0.2) is 0 Å². The Morgan fingerprint density at radius 3 is 2.61 bits per heavy atom. The number of rotatable bonds is 8. The third-order valence-corrected chi connectivity index (χ3v) is 3.69. The number of para-hydroxylation sites is 1. The number of pyridine rings is 1. The van der Waals surface area contributed by atoms with E-state index in [2.05, 4.69) is 35.9 Å². The van der Waals surface area contributed by atoms with E-state index >= 15 is 0 Å². The zero-order chi connectivity index (χ0) is 19.8. The molecule has 1 amide bonds. The van der Waals surface area contributed by atoms with E-state index in [9.17, 15) is 4.79 Å². The van der Waals surface area contributed by atoms with Gasteiger partial charge >= 0.3 is 0 Å². The molecule has 28 heavy (non-hydrogen) atoms. The van der Waals surface area contributed by atoms with Crippen molar-refractivity contribution in [2.75, 3.05) is 29.1 Å². The van der Waals surface area contributed by atoms with E-state index in [4.69, 9.17) is 5.11 Å². The smallest absolute Gasteiger partial charge is 0.255 e. The van der Waals surface area contributed by atoms with Gasteiger partial charge in [-0.2, -0.15) is 15.0 Å². The van der Waals surface area contributed by atoms with Gasteiger partial charge in [0.25, 0.3) is 5.91 Å². The number of amides is 1. The summed E-state index contributed by atoms with van der Waals surface area (Å²) in [7, 11) is 0. The van der Waals surface area contributed by atoms with E-state index in [1.807, 2.05) is 37.3 Å². The Morgan fingerprint density at radius 2 is 1.86 bits per heavy atom. The standard InChI is InChI=1S/C19H21N7O2/c1-2-15-23-18(21-10-11-27)26-19(24-15)25-16-12-13(8-9-20-16)17(28)22-14-6-4-3-5-7-14/h3-9,12,27H,2,10-11H2,1H3,(H,22,28)(H2,20,21,23,24,25,26). The predicted molar refractivity (Wildman–Crippen MR) is 107 cm³/mol. The normalized spacial score (nSPS) is 10.4. The molecule has 2 aromatic heterocycles. The van der Waals surface area contributed by atoms with Gasteiger partial charge in [0.2, 0.25) is 11.9 Å². The second-order valence-corrected chi connectivity index (χ2v) is 5.78. The second kappa shape index (κ2) is 9.38. The van der Waals surface area contributed by atoms with Gasteiger partial charge in [0, 0.05) is 30.4 Å². The lowest BCUT2D eigenvalue weighted by Gasteiger charge is -2.10. The van der Waals surface area contributed by atoms with E-state index in [1.165, 1.54) is 6.20 Å². The number of carbonyl (C=O) groups is 1. The predicted octanol–water partition coefficient (Wildman–Crippen LogP) is 2.23. The number of hydrogen-bond acceptors (Lipinski definition) is 8. The molecule has 0 saturated heterocycles. The first-order valence-corrected chi connectivity index (χ1v) is 8.87. The molecule has 3 rings (SSSR count). The lowest BCUT2D eigenvalue weighted by Crippen LogP contribution is -2.14. The van der Waals surface area contributed by atoms with Crippen LogP contribution in [0.25, 0.3) is 0 Å². The quantitative estimate of drug-likeness (QED) is 0.470. The zero-order valence-corrected chi connectivity index (χ0v) is 15.4. The summed E-state index contributed by atoms with van der Waals surface area (Å²) in [4.78, 5) is 29.5. The van der Waals surface area contributed by atoms with Crippen molar-refractivity contribution >= 4 is 29.3 Å². The molecule has 0 spiro atoms. The Bertz CT molecular complexity index is 935. The Labute approximate surface area is 162 Å². The summed E-state index contributed by atoms with van der Waals surface area (Å²) >= 11 is 0. The minimum absolute atomic E-state index is 0.0317. The maximum Gasteiger partial charge on any atom is 0.255 e. The first-order chi connectivity index (χ1) is 13.7. The van der Waals surface area contributed by atoms with Crippen LogP contribution in [0.2, 0.25) is 0 Å². The van der Waals surface area contributed by atoms with Crippen LogP contribution in [-0.4, -0.2) is 44.1 Å². The molecule has 2 heterocycles. The maximum atomic E-state index is 12.4. The molecule has 9 heteroatoms. The number of aromatic nitrogens is 4. The van der Waals surface area contributed by atoms with E-state index in [0.29, 0.717) is 47.8 Å². The first-order valence-electron chi connectivity index (χ1n) is 8.87. The molecule has 4 N–H and O–H groups in total. The summed E-state index contributed by atoms with van der Waals surface area (Å²) in [6, 6.07) is 12.5. The molecule has 0 aliphatic heterocycles. The highest BCUT2D eigenvalue weighted by Gasteiger charge is 2.10. The summed E-state index contributed by atoms with van der Waals surface area (Å²) < 4.78 is 0. The fourth-order valence-corrected chi connectivity index (χ4v) is 2.36. The third kappa shape index (κ3) is 5.21. The van der Waals surface area contributed by atoms with E-state index in [0.717, 1.165) is 0 Å². The van der Waals surface area contributed by atoms with E-state index in [-0.39, 0.29) is 12.5 Å². The van der Waals surface area contributed by atoms with Gasteiger partial charge < -0.3 is 21.1 Å². The number of hydrogen-bond donors (Lipinski definition) is 4. The average Bonchev–Trinajstić information content (AvgIpc) is 2.73. The van der Waals surface area contributed by atoms with Gasteiger partial charge in [-0.05, 0) is 24.3 Å². The van der Waals surface area contributed by atoms with E-state index < -0.39 is 0 Å². The van der Waals surface area contributed by atoms with Gasteiger partial charge in [-0.15, -0.1) is 0 Å². The Balaban J connectivity index is 1.76. The summed E-state index contributed by atoms with van der Waals surface area (Å²) in [6.07, 6.45) is 2.16. The average molecular weight is 379 g/mol. The maximum absolute atomic E-state index is 12.4. The topological polar surface area (TPSA) is 125 Å². The summed E-state index contributed by atoms with van der Waals surface area (Å²) in [5.74, 6) is 1.45. The number of aliphatic hydroxyl groups excluding tert-OH is 1. The van der Waals surface area contributed by atoms with Crippen molar-refractivity contribution in [3.05, 3.63) is 60.0 Å². The number of nitrogens with one attached hydrogen (secondary N) is 3. The van der Waals surface area contributed by atoms with Crippen molar-refractivity contribution in [2.24, 2.45) is 0 Å². The summed E-state index contributed by atoms with van der Waals surface area (Å²) in [5.41, 5.74) is 1.16. The van der Waals surface area contributed by atoms with Crippen molar-refractivity contribution in [3.63, 3.8) is 0 Å². The molecule has 9 nitrogen and oxygen atoms in total. The molecule has 0 atom stereocenters. The van der Waals surface area contributed by atoms with Crippen molar-refractivity contribution in [2.45, 2.75) is 13.3 Å². The van der Waals surface area contributed by atoms with Crippen LogP contribution in [0.5, 0.6) is 0 Å². The Kier molecular flexibility index (Phi) is 6.42. The summed E-state index contributed by atoms with van der Waals surface area (Å²) in [5, 5.41) is 17.7. The molecule has 1 aromatic carbocycles. The fourth-order valence-electron chi connectivity index (χ4n) is 2.36. The van der Waals surface area contributed by atoms with Crippen LogP contribution >= 0.6 is 0 Å². The van der Waals surface area contributed by atoms with Crippen molar-refractivity contribution < 1.29 is 9.90 Å². The molecule has 144 valence electrons. The molecular weight excluding hydrogens is 358 g/mol. The molecule has 0 aliphatic rings. The van der Waals surface area contributed by atoms with Crippen LogP contribution in [0, 0.1) is 0 Å². The van der Waals surface area contributed by atoms with Crippen molar-refractivity contribution in [3.8, 4) is 0 Å². The van der Waals surface area contributed by atoms with Crippen LogP contribution in [0.1, 0.15) is 23.1 Å². The third-order valence-electron chi connectivity index (χ3n) is 3.69. The molecule has 0 radical (unpaired) electrons. The molecule has 3 aromatic rings. The monoisotopic (exact) mass is 379 g/mol. The highest BCUT2D eigenvalue weighted by atomic mass is 16.3. The lowest BCUT2D eigenvalue weighted by molar-refractivity contribution is 0.102.